The standard InChI is InChI=1S/C20H18N4O2/c25-19(9-8-15-5-4-10-21-11-15)24-12-17(16-6-2-1-3-7-16)18(13-24)20-22-14-26-23-20/h1-11,14,17-18H,12-13H2/b9-8-/t17-,18+/m1/s1. The molecule has 1 fully saturated rings. The summed E-state index contributed by atoms with van der Waals surface area (Å²) >= 11 is 0. The van der Waals surface area contributed by atoms with Gasteiger partial charge in [-0.2, -0.15) is 4.98 Å². The molecule has 0 radical (unpaired) electrons. The Bertz CT molecular complexity index is 879. The van der Waals surface area contributed by atoms with Crippen molar-refractivity contribution in [3.8, 4) is 0 Å². The zero-order chi connectivity index (χ0) is 17.8. The minimum absolute atomic E-state index is 0.0203. The third-order valence-electron chi connectivity index (χ3n) is 4.67. The number of rotatable bonds is 4. The summed E-state index contributed by atoms with van der Waals surface area (Å²) in [6.45, 7) is 1.19. The molecule has 0 saturated carbocycles. The number of hydrogen-bond acceptors (Lipinski definition) is 5. The van der Waals surface area contributed by atoms with E-state index >= 15 is 0 Å². The van der Waals surface area contributed by atoms with Gasteiger partial charge in [0.25, 0.3) is 0 Å². The fourth-order valence-corrected chi connectivity index (χ4v) is 3.37. The fourth-order valence-electron chi connectivity index (χ4n) is 3.37. The minimum Gasteiger partial charge on any atom is -0.343 e. The van der Waals surface area contributed by atoms with Crippen LogP contribution in [0.1, 0.15) is 28.8 Å². The Kier molecular flexibility index (Phi) is 4.55. The van der Waals surface area contributed by atoms with Gasteiger partial charge in [-0.3, -0.25) is 9.78 Å². The number of likely N-dealkylation sites (tertiary alicyclic amines) is 1. The topological polar surface area (TPSA) is 72.1 Å². The lowest BCUT2D eigenvalue weighted by molar-refractivity contribution is -0.125. The van der Waals surface area contributed by atoms with Crippen molar-refractivity contribution in [2.45, 2.75) is 11.8 Å². The summed E-state index contributed by atoms with van der Waals surface area (Å²) in [7, 11) is 0. The van der Waals surface area contributed by atoms with E-state index in [0.29, 0.717) is 18.9 Å². The first-order valence-electron chi connectivity index (χ1n) is 8.49. The maximum atomic E-state index is 12.7. The molecule has 1 amide bonds. The maximum Gasteiger partial charge on any atom is 0.246 e. The monoisotopic (exact) mass is 346 g/mol. The molecule has 1 aliphatic heterocycles. The van der Waals surface area contributed by atoms with Crippen LogP contribution in [-0.4, -0.2) is 39.0 Å². The molecule has 1 aliphatic rings. The molecule has 3 aromatic rings. The van der Waals surface area contributed by atoms with Gasteiger partial charge in [-0.1, -0.05) is 41.6 Å². The summed E-state index contributed by atoms with van der Waals surface area (Å²) < 4.78 is 4.93. The molecule has 2 atom stereocenters. The number of nitrogens with zero attached hydrogens (tertiary/aromatic N) is 4. The highest BCUT2D eigenvalue weighted by Crippen LogP contribution is 2.38. The summed E-state index contributed by atoms with van der Waals surface area (Å²) in [5, 5.41) is 4.01. The minimum atomic E-state index is -0.0271. The van der Waals surface area contributed by atoms with Crippen molar-refractivity contribution in [1.82, 2.24) is 20.0 Å². The summed E-state index contributed by atoms with van der Waals surface area (Å²) in [6.07, 6.45) is 8.15. The van der Waals surface area contributed by atoms with Crippen molar-refractivity contribution < 1.29 is 9.32 Å². The van der Waals surface area contributed by atoms with Gasteiger partial charge in [0, 0.05) is 43.4 Å². The number of amides is 1. The Morgan fingerprint density at radius 1 is 1.12 bits per heavy atom. The van der Waals surface area contributed by atoms with Crippen LogP contribution in [-0.2, 0) is 4.79 Å². The molecule has 1 saturated heterocycles. The Labute approximate surface area is 151 Å². The second-order valence-electron chi connectivity index (χ2n) is 6.28. The van der Waals surface area contributed by atoms with Crippen molar-refractivity contribution in [2.24, 2.45) is 0 Å². The Hall–Kier alpha value is -3.28. The largest absolute Gasteiger partial charge is 0.343 e. The molecular formula is C20H18N4O2. The van der Waals surface area contributed by atoms with E-state index < -0.39 is 0 Å². The lowest BCUT2D eigenvalue weighted by Gasteiger charge is -2.15. The molecule has 0 unspecified atom stereocenters. The fraction of sp³-hybridized carbons (Fsp3) is 0.200. The molecule has 0 N–H and O–H groups in total. The average Bonchev–Trinajstić information content (AvgIpc) is 3.37. The van der Waals surface area contributed by atoms with E-state index in [9.17, 15) is 4.79 Å². The van der Waals surface area contributed by atoms with Gasteiger partial charge in [-0.05, 0) is 23.3 Å². The Morgan fingerprint density at radius 2 is 1.96 bits per heavy atom. The van der Waals surface area contributed by atoms with E-state index in [1.807, 2.05) is 35.2 Å². The predicted molar refractivity (Wildman–Crippen MR) is 96.1 cm³/mol. The van der Waals surface area contributed by atoms with E-state index in [0.717, 1.165) is 5.56 Å². The van der Waals surface area contributed by atoms with Gasteiger partial charge in [-0.15, -0.1) is 0 Å². The third-order valence-corrected chi connectivity index (χ3v) is 4.67. The van der Waals surface area contributed by atoms with Crippen molar-refractivity contribution in [2.75, 3.05) is 13.1 Å². The first-order chi connectivity index (χ1) is 12.8. The Balaban J connectivity index is 1.55. The quantitative estimate of drug-likeness (QED) is 0.679. The number of carbonyl (C=O) groups excluding carboxylic acids is 1. The van der Waals surface area contributed by atoms with Crippen LogP contribution in [0.25, 0.3) is 6.08 Å². The van der Waals surface area contributed by atoms with Crippen LogP contribution in [0.15, 0.2) is 71.9 Å². The molecule has 26 heavy (non-hydrogen) atoms. The van der Waals surface area contributed by atoms with Gasteiger partial charge in [0.15, 0.2) is 5.82 Å². The van der Waals surface area contributed by atoms with Crippen LogP contribution < -0.4 is 0 Å². The van der Waals surface area contributed by atoms with E-state index in [2.05, 4.69) is 27.3 Å². The van der Waals surface area contributed by atoms with Crippen LogP contribution in [0.2, 0.25) is 0 Å². The van der Waals surface area contributed by atoms with Crippen LogP contribution in [0.4, 0.5) is 0 Å². The maximum absolute atomic E-state index is 12.7. The average molecular weight is 346 g/mol. The van der Waals surface area contributed by atoms with E-state index in [-0.39, 0.29) is 17.7 Å². The number of benzene rings is 1. The molecule has 6 nitrogen and oxygen atoms in total. The summed E-state index contributed by atoms with van der Waals surface area (Å²) in [5.41, 5.74) is 2.07. The smallest absolute Gasteiger partial charge is 0.246 e. The van der Waals surface area contributed by atoms with Gasteiger partial charge >= 0.3 is 0 Å². The highest BCUT2D eigenvalue weighted by molar-refractivity contribution is 5.92. The van der Waals surface area contributed by atoms with Crippen molar-refractivity contribution in [3.63, 3.8) is 0 Å². The van der Waals surface area contributed by atoms with Gasteiger partial charge in [0.2, 0.25) is 12.3 Å². The molecule has 6 heteroatoms. The number of carbonyl (C=O) groups is 1. The predicted octanol–water partition coefficient (Wildman–Crippen LogP) is 2.89. The normalized spacial score (nSPS) is 19.9. The van der Waals surface area contributed by atoms with Crippen LogP contribution in [0, 0.1) is 0 Å². The lowest BCUT2D eigenvalue weighted by atomic mass is 9.88. The molecule has 1 aromatic carbocycles. The second kappa shape index (κ2) is 7.31. The third kappa shape index (κ3) is 3.39. The summed E-state index contributed by atoms with van der Waals surface area (Å²) in [6, 6.07) is 13.9. The van der Waals surface area contributed by atoms with Crippen LogP contribution in [0.5, 0.6) is 0 Å². The second-order valence-corrected chi connectivity index (χ2v) is 6.28. The Morgan fingerprint density at radius 3 is 2.69 bits per heavy atom. The number of aromatic nitrogens is 3. The van der Waals surface area contributed by atoms with Crippen LogP contribution in [0.3, 0.4) is 0 Å². The first-order valence-corrected chi connectivity index (χ1v) is 8.49. The number of hydrogen-bond donors (Lipinski definition) is 0. The van der Waals surface area contributed by atoms with Gasteiger partial charge in [0.05, 0.1) is 0 Å². The molecule has 0 bridgehead atoms. The molecule has 0 spiro atoms. The molecule has 2 aromatic heterocycles. The highest BCUT2D eigenvalue weighted by atomic mass is 16.5. The SMILES string of the molecule is O=C(/C=C\c1cccnc1)N1C[C@H](c2ccccc2)[C@@H](c2ncon2)C1. The highest BCUT2D eigenvalue weighted by Gasteiger charge is 2.38. The van der Waals surface area contributed by atoms with Crippen molar-refractivity contribution >= 4 is 12.0 Å². The zero-order valence-electron chi connectivity index (χ0n) is 14.1. The zero-order valence-corrected chi connectivity index (χ0v) is 14.1. The van der Waals surface area contributed by atoms with Crippen molar-refractivity contribution in [3.05, 3.63) is 84.3 Å². The van der Waals surface area contributed by atoms with E-state index in [1.165, 1.54) is 12.0 Å². The summed E-state index contributed by atoms with van der Waals surface area (Å²) in [4.78, 5) is 22.8. The van der Waals surface area contributed by atoms with E-state index in [1.54, 1.807) is 24.5 Å². The first kappa shape index (κ1) is 16.2. The van der Waals surface area contributed by atoms with Gasteiger partial charge < -0.3 is 9.42 Å². The molecule has 4 rings (SSSR count). The van der Waals surface area contributed by atoms with Crippen molar-refractivity contribution in [1.29, 1.82) is 0 Å². The summed E-state index contributed by atoms with van der Waals surface area (Å²) in [5.74, 6) is 0.780. The van der Waals surface area contributed by atoms with Crippen LogP contribution >= 0.6 is 0 Å². The number of pyridine rings is 1. The molecular weight excluding hydrogens is 328 g/mol. The van der Waals surface area contributed by atoms with Gasteiger partial charge in [0.1, 0.15) is 0 Å². The molecule has 130 valence electrons. The lowest BCUT2D eigenvalue weighted by Crippen LogP contribution is -2.27. The van der Waals surface area contributed by atoms with E-state index in [4.69, 9.17) is 4.52 Å². The molecule has 0 aliphatic carbocycles. The molecule has 3 heterocycles. The van der Waals surface area contributed by atoms with Gasteiger partial charge in [-0.25, -0.2) is 0 Å².